The third kappa shape index (κ3) is 3.45. The molecule has 3 aliphatic heterocycles. The normalized spacial score (nSPS) is 28.2. The van der Waals surface area contributed by atoms with E-state index in [1.807, 2.05) is 9.80 Å². The Morgan fingerprint density at radius 2 is 1.71 bits per heavy atom. The highest BCUT2D eigenvalue weighted by atomic mass is 16.5. The molecule has 3 aliphatic rings. The fourth-order valence-corrected chi connectivity index (χ4v) is 4.50. The van der Waals surface area contributed by atoms with Gasteiger partial charge < -0.3 is 19.3 Å². The first-order valence-corrected chi connectivity index (χ1v) is 9.27. The molecule has 3 saturated heterocycles. The molecule has 0 aromatic heterocycles. The van der Waals surface area contributed by atoms with Gasteiger partial charge in [-0.15, -0.1) is 0 Å². The minimum Gasteiger partial charge on any atom is -0.378 e. The first-order valence-electron chi connectivity index (χ1n) is 9.27. The average Bonchev–Trinajstić information content (AvgIpc) is 2.62. The van der Waals surface area contributed by atoms with E-state index < -0.39 is 0 Å². The maximum atomic E-state index is 12.8. The summed E-state index contributed by atoms with van der Waals surface area (Å²) < 4.78 is 11.8. The molecule has 0 aliphatic carbocycles. The van der Waals surface area contributed by atoms with Crippen molar-refractivity contribution in [2.75, 3.05) is 39.9 Å². The number of methoxy groups -OCH3 is 1. The lowest BCUT2D eigenvalue weighted by molar-refractivity contribution is -0.189. The Balaban J connectivity index is 1.53. The maximum absolute atomic E-state index is 12.8. The Labute approximate surface area is 144 Å². The van der Waals surface area contributed by atoms with Crippen molar-refractivity contribution in [1.82, 2.24) is 9.80 Å². The fourth-order valence-electron chi connectivity index (χ4n) is 4.50. The SMILES string of the molecule is CO[C@@H]1CCCOC12CCN(C(=O)C1CCN(C(C)=O)CC1)CC2. The highest BCUT2D eigenvalue weighted by Gasteiger charge is 2.46. The summed E-state index contributed by atoms with van der Waals surface area (Å²) in [6.07, 6.45) is 5.56. The molecule has 24 heavy (non-hydrogen) atoms. The van der Waals surface area contributed by atoms with Gasteiger partial charge in [-0.1, -0.05) is 0 Å². The lowest BCUT2D eigenvalue weighted by atomic mass is 9.81. The van der Waals surface area contributed by atoms with Crippen LogP contribution in [0.1, 0.15) is 45.4 Å². The summed E-state index contributed by atoms with van der Waals surface area (Å²) in [4.78, 5) is 28.1. The summed E-state index contributed by atoms with van der Waals surface area (Å²) >= 11 is 0. The van der Waals surface area contributed by atoms with E-state index in [1.165, 1.54) is 0 Å². The standard InChI is InChI=1S/C18H30N2O4/c1-14(21)19-9-5-15(6-10-19)17(22)20-11-7-18(8-12-20)16(23-2)4-3-13-24-18/h15-16H,3-13H2,1-2H3/t16-/m1/s1. The van der Waals surface area contributed by atoms with Crippen molar-refractivity contribution in [3.63, 3.8) is 0 Å². The molecule has 0 saturated carbocycles. The number of hydrogen-bond donors (Lipinski definition) is 0. The zero-order valence-corrected chi connectivity index (χ0v) is 15.0. The van der Waals surface area contributed by atoms with Crippen molar-refractivity contribution in [3.8, 4) is 0 Å². The first kappa shape index (κ1) is 17.7. The van der Waals surface area contributed by atoms with Gasteiger partial charge in [0.05, 0.1) is 11.7 Å². The number of amides is 2. The van der Waals surface area contributed by atoms with Gasteiger partial charge in [0, 0.05) is 52.7 Å². The van der Waals surface area contributed by atoms with Crippen LogP contribution in [-0.2, 0) is 19.1 Å². The molecule has 1 spiro atoms. The number of likely N-dealkylation sites (tertiary alicyclic amines) is 2. The summed E-state index contributed by atoms with van der Waals surface area (Å²) in [6, 6.07) is 0. The number of carbonyl (C=O) groups excluding carboxylic acids is 2. The molecule has 0 bridgehead atoms. The van der Waals surface area contributed by atoms with Crippen LogP contribution < -0.4 is 0 Å². The molecule has 6 nitrogen and oxygen atoms in total. The molecule has 6 heteroatoms. The predicted molar refractivity (Wildman–Crippen MR) is 89.5 cm³/mol. The molecular formula is C18H30N2O4. The summed E-state index contributed by atoms with van der Waals surface area (Å²) in [5.74, 6) is 0.443. The fraction of sp³-hybridized carbons (Fsp3) is 0.889. The van der Waals surface area contributed by atoms with E-state index in [1.54, 1.807) is 14.0 Å². The van der Waals surface area contributed by atoms with Crippen LogP contribution in [-0.4, -0.2) is 73.2 Å². The van der Waals surface area contributed by atoms with Crippen LogP contribution in [0.3, 0.4) is 0 Å². The molecule has 0 aromatic carbocycles. The second-order valence-corrected chi connectivity index (χ2v) is 7.39. The molecule has 1 atom stereocenters. The van der Waals surface area contributed by atoms with Crippen molar-refractivity contribution in [2.24, 2.45) is 5.92 Å². The monoisotopic (exact) mass is 338 g/mol. The number of nitrogens with zero attached hydrogens (tertiary/aromatic N) is 2. The Hall–Kier alpha value is -1.14. The molecular weight excluding hydrogens is 308 g/mol. The quantitative estimate of drug-likeness (QED) is 0.764. The lowest BCUT2D eigenvalue weighted by Crippen LogP contribution is -2.57. The van der Waals surface area contributed by atoms with Gasteiger partial charge >= 0.3 is 0 Å². The second-order valence-electron chi connectivity index (χ2n) is 7.39. The van der Waals surface area contributed by atoms with Crippen LogP contribution >= 0.6 is 0 Å². The Kier molecular flexibility index (Phi) is 5.45. The number of carbonyl (C=O) groups is 2. The van der Waals surface area contributed by atoms with Crippen LogP contribution in [0, 0.1) is 5.92 Å². The van der Waals surface area contributed by atoms with Crippen LogP contribution in [0.15, 0.2) is 0 Å². The molecule has 3 rings (SSSR count). The highest BCUT2D eigenvalue weighted by molar-refractivity contribution is 5.80. The van der Waals surface area contributed by atoms with Crippen molar-refractivity contribution < 1.29 is 19.1 Å². The van der Waals surface area contributed by atoms with Gasteiger partial charge in [0.2, 0.25) is 11.8 Å². The third-order valence-corrected chi connectivity index (χ3v) is 6.08. The minimum absolute atomic E-state index is 0.0696. The summed E-state index contributed by atoms with van der Waals surface area (Å²) in [5.41, 5.74) is -0.193. The van der Waals surface area contributed by atoms with Gasteiger partial charge in [0.1, 0.15) is 0 Å². The maximum Gasteiger partial charge on any atom is 0.225 e. The topological polar surface area (TPSA) is 59.1 Å². The molecule has 3 heterocycles. The van der Waals surface area contributed by atoms with E-state index in [0.29, 0.717) is 13.1 Å². The number of hydrogen-bond acceptors (Lipinski definition) is 4. The Morgan fingerprint density at radius 3 is 2.29 bits per heavy atom. The van der Waals surface area contributed by atoms with Gasteiger partial charge in [-0.2, -0.15) is 0 Å². The van der Waals surface area contributed by atoms with E-state index in [4.69, 9.17) is 9.47 Å². The molecule has 136 valence electrons. The van der Waals surface area contributed by atoms with Crippen LogP contribution in [0.4, 0.5) is 0 Å². The van der Waals surface area contributed by atoms with Crippen molar-refractivity contribution >= 4 is 11.8 Å². The van der Waals surface area contributed by atoms with E-state index in [9.17, 15) is 9.59 Å². The van der Waals surface area contributed by atoms with Crippen LogP contribution in [0.5, 0.6) is 0 Å². The van der Waals surface area contributed by atoms with Gasteiger partial charge in [0.25, 0.3) is 0 Å². The van der Waals surface area contributed by atoms with Crippen molar-refractivity contribution in [3.05, 3.63) is 0 Å². The molecule has 0 radical (unpaired) electrons. The van der Waals surface area contributed by atoms with E-state index in [2.05, 4.69) is 0 Å². The van der Waals surface area contributed by atoms with Crippen molar-refractivity contribution in [2.45, 2.75) is 57.2 Å². The van der Waals surface area contributed by atoms with E-state index >= 15 is 0 Å². The smallest absolute Gasteiger partial charge is 0.225 e. The average molecular weight is 338 g/mol. The predicted octanol–water partition coefficient (Wildman–Crippen LogP) is 1.43. The summed E-state index contributed by atoms with van der Waals surface area (Å²) in [6.45, 7) is 5.33. The molecule has 0 aromatic rings. The third-order valence-electron chi connectivity index (χ3n) is 6.08. The number of rotatable bonds is 2. The zero-order chi connectivity index (χ0) is 17.2. The molecule has 2 amide bonds. The minimum atomic E-state index is -0.193. The van der Waals surface area contributed by atoms with E-state index in [-0.39, 0.29) is 29.4 Å². The highest BCUT2D eigenvalue weighted by Crippen LogP contribution is 2.37. The van der Waals surface area contributed by atoms with Gasteiger partial charge in [0.15, 0.2) is 0 Å². The second kappa shape index (κ2) is 7.40. The van der Waals surface area contributed by atoms with Gasteiger partial charge in [-0.3, -0.25) is 9.59 Å². The summed E-state index contributed by atoms with van der Waals surface area (Å²) in [5, 5.41) is 0. The van der Waals surface area contributed by atoms with Crippen LogP contribution in [0.2, 0.25) is 0 Å². The number of ether oxygens (including phenoxy) is 2. The van der Waals surface area contributed by atoms with Crippen LogP contribution in [0.25, 0.3) is 0 Å². The van der Waals surface area contributed by atoms with Gasteiger partial charge in [-0.25, -0.2) is 0 Å². The summed E-state index contributed by atoms with van der Waals surface area (Å²) in [7, 11) is 1.77. The largest absolute Gasteiger partial charge is 0.378 e. The molecule has 3 fully saturated rings. The Bertz CT molecular complexity index is 466. The lowest BCUT2D eigenvalue weighted by Gasteiger charge is -2.48. The molecule has 0 N–H and O–H groups in total. The Morgan fingerprint density at radius 1 is 1.04 bits per heavy atom. The number of piperidine rings is 2. The van der Waals surface area contributed by atoms with Crippen molar-refractivity contribution in [1.29, 1.82) is 0 Å². The molecule has 0 unspecified atom stereocenters. The van der Waals surface area contributed by atoms with Gasteiger partial charge in [-0.05, 0) is 38.5 Å². The van der Waals surface area contributed by atoms with E-state index in [0.717, 1.165) is 58.2 Å². The zero-order valence-electron chi connectivity index (χ0n) is 15.0. The first-order chi connectivity index (χ1) is 11.6.